The van der Waals surface area contributed by atoms with Crippen LogP contribution < -0.4 is 5.32 Å². The number of aromatic nitrogens is 1. The number of carbonyl (C=O) groups is 1. The highest BCUT2D eigenvalue weighted by Gasteiger charge is 2.07. The third-order valence-electron chi connectivity index (χ3n) is 2.32. The molecular weight excluding hydrogens is 344 g/mol. The van der Waals surface area contributed by atoms with Gasteiger partial charge < -0.3 is 5.32 Å². The van der Waals surface area contributed by atoms with Crippen molar-refractivity contribution in [3.63, 3.8) is 0 Å². The second-order valence-electron chi connectivity index (χ2n) is 3.75. The van der Waals surface area contributed by atoms with Crippen LogP contribution in [0.1, 0.15) is 6.92 Å². The molecule has 0 bridgehead atoms. The first kappa shape index (κ1) is 14.6. The molecule has 1 N–H and O–H groups in total. The van der Waals surface area contributed by atoms with Crippen LogP contribution in [0.25, 0.3) is 11.3 Å². The molecule has 1 heterocycles. The lowest BCUT2D eigenvalue weighted by molar-refractivity contribution is -0.118. The topological polar surface area (TPSA) is 42.0 Å². The molecule has 1 aromatic heterocycles. The van der Waals surface area contributed by atoms with Gasteiger partial charge in [0.1, 0.15) is 0 Å². The Morgan fingerprint density at radius 1 is 1.42 bits per heavy atom. The number of nitrogens with zero attached hydrogens (tertiary/aromatic N) is 1. The molecule has 0 saturated carbocycles. The second kappa shape index (κ2) is 7.07. The fraction of sp³-hybridized carbons (Fsp3) is 0.231. The summed E-state index contributed by atoms with van der Waals surface area (Å²) in [5, 5.41) is 4.79. The summed E-state index contributed by atoms with van der Waals surface area (Å²) in [6.45, 7) is 2.58. The van der Waals surface area contributed by atoms with Crippen LogP contribution >= 0.6 is 39.0 Å². The SMILES string of the molecule is CCNC(=O)CSc1nc(-c2ccc(Br)cc2)cs1. The van der Waals surface area contributed by atoms with Gasteiger partial charge in [-0.3, -0.25) is 4.79 Å². The minimum absolute atomic E-state index is 0.0490. The number of halogens is 1. The van der Waals surface area contributed by atoms with Crippen molar-refractivity contribution in [3.8, 4) is 11.3 Å². The highest BCUT2D eigenvalue weighted by molar-refractivity contribution is 9.10. The van der Waals surface area contributed by atoms with E-state index in [1.807, 2.05) is 36.6 Å². The van der Waals surface area contributed by atoms with Gasteiger partial charge in [-0.25, -0.2) is 4.98 Å². The molecule has 0 radical (unpaired) electrons. The van der Waals surface area contributed by atoms with Gasteiger partial charge in [-0.2, -0.15) is 0 Å². The second-order valence-corrected chi connectivity index (χ2v) is 6.74. The molecule has 2 rings (SSSR count). The van der Waals surface area contributed by atoms with Crippen LogP contribution in [-0.2, 0) is 4.79 Å². The van der Waals surface area contributed by atoms with Crippen LogP contribution in [0.3, 0.4) is 0 Å². The summed E-state index contributed by atoms with van der Waals surface area (Å²) >= 11 is 6.45. The monoisotopic (exact) mass is 356 g/mol. The minimum atomic E-state index is 0.0490. The lowest BCUT2D eigenvalue weighted by Gasteiger charge is -1.99. The van der Waals surface area contributed by atoms with Crippen LogP contribution in [-0.4, -0.2) is 23.2 Å². The molecule has 1 amide bonds. The van der Waals surface area contributed by atoms with E-state index >= 15 is 0 Å². The first-order chi connectivity index (χ1) is 9.19. The Morgan fingerprint density at radius 2 is 2.16 bits per heavy atom. The number of hydrogen-bond donors (Lipinski definition) is 1. The number of nitrogens with one attached hydrogen (secondary N) is 1. The van der Waals surface area contributed by atoms with E-state index in [9.17, 15) is 4.79 Å². The Hall–Kier alpha value is -0.850. The van der Waals surface area contributed by atoms with Gasteiger partial charge in [-0.1, -0.05) is 39.8 Å². The first-order valence-electron chi connectivity index (χ1n) is 5.80. The molecule has 100 valence electrons. The zero-order valence-electron chi connectivity index (χ0n) is 10.4. The molecule has 2 aromatic rings. The van der Waals surface area contributed by atoms with Crippen LogP contribution in [0, 0.1) is 0 Å². The van der Waals surface area contributed by atoms with Crippen molar-refractivity contribution in [2.24, 2.45) is 0 Å². The average molecular weight is 357 g/mol. The Morgan fingerprint density at radius 3 is 2.84 bits per heavy atom. The largest absolute Gasteiger partial charge is 0.356 e. The van der Waals surface area contributed by atoms with Gasteiger partial charge in [0.15, 0.2) is 4.34 Å². The van der Waals surface area contributed by atoms with E-state index in [1.165, 1.54) is 11.8 Å². The van der Waals surface area contributed by atoms with E-state index < -0.39 is 0 Å². The Balaban J connectivity index is 1.99. The van der Waals surface area contributed by atoms with Gasteiger partial charge in [-0.15, -0.1) is 11.3 Å². The summed E-state index contributed by atoms with van der Waals surface area (Å²) in [5.74, 6) is 0.467. The Labute approximate surface area is 129 Å². The lowest BCUT2D eigenvalue weighted by atomic mass is 10.2. The first-order valence-corrected chi connectivity index (χ1v) is 8.46. The number of amides is 1. The summed E-state index contributed by atoms with van der Waals surface area (Å²) < 4.78 is 1.97. The Kier molecular flexibility index (Phi) is 5.42. The number of carbonyl (C=O) groups excluding carboxylic acids is 1. The van der Waals surface area contributed by atoms with E-state index in [0.29, 0.717) is 12.3 Å². The van der Waals surface area contributed by atoms with Gasteiger partial charge in [0.05, 0.1) is 11.4 Å². The van der Waals surface area contributed by atoms with E-state index in [1.54, 1.807) is 11.3 Å². The fourth-order valence-corrected chi connectivity index (χ4v) is 3.38. The molecule has 0 aliphatic heterocycles. The van der Waals surface area contributed by atoms with Crippen molar-refractivity contribution in [3.05, 3.63) is 34.1 Å². The number of rotatable bonds is 5. The molecule has 3 nitrogen and oxygen atoms in total. The van der Waals surface area contributed by atoms with Gasteiger partial charge in [0.25, 0.3) is 0 Å². The zero-order chi connectivity index (χ0) is 13.7. The summed E-state index contributed by atoms with van der Waals surface area (Å²) in [6, 6.07) is 8.04. The molecule has 0 unspecified atom stereocenters. The molecule has 0 fully saturated rings. The molecule has 6 heteroatoms. The quantitative estimate of drug-likeness (QED) is 0.828. The van der Waals surface area contributed by atoms with Gasteiger partial charge in [0, 0.05) is 22.0 Å². The van der Waals surface area contributed by atoms with Crippen molar-refractivity contribution < 1.29 is 4.79 Å². The molecule has 0 atom stereocenters. The lowest BCUT2D eigenvalue weighted by Crippen LogP contribution is -2.24. The fourth-order valence-electron chi connectivity index (χ4n) is 1.45. The molecule has 0 aliphatic carbocycles. The van der Waals surface area contributed by atoms with Crippen LogP contribution in [0.5, 0.6) is 0 Å². The Bertz CT molecular complexity index is 554. The third kappa shape index (κ3) is 4.33. The summed E-state index contributed by atoms with van der Waals surface area (Å²) in [6.07, 6.45) is 0. The van der Waals surface area contributed by atoms with Crippen LogP contribution in [0.15, 0.2) is 38.5 Å². The van der Waals surface area contributed by atoms with Gasteiger partial charge in [-0.05, 0) is 19.1 Å². The number of benzene rings is 1. The smallest absolute Gasteiger partial charge is 0.230 e. The standard InChI is InChI=1S/C13H13BrN2OS2/c1-2-15-12(17)8-19-13-16-11(7-18-13)9-3-5-10(14)6-4-9/h3-7H,2,8H2,1H3,(H,15,17). The van der Waals surface area contributed by atoms with Crippen LogP contribution in [0.4, 0.5) is 0 Å². The molecular formula is C13H13BrN2OS2. The summed E-state index contributed by atoms with van der Waals surface area (Å²) in [5.41, 5.74) is 2.04. The van der Waals surface area contributed by atoms with Crippen molar-refractivity contribution in [1.29, 1.82) is 0 Å². The van der Waals surface area contributed by atoms with Crippen LogP contribution in [0.2, 0.25) is 0 Å². The van der Waals surface area contributed by atoms with E-state index in [0.717, 1.165) is 20.1 Å². The molecule has 0 aliphatic rings. The van der Waals surface area contributed by atoms with Gasteiger partial charge >= 0.3 is 0 Å². The number of thiazole rings is 1. The minimum Gasteiger partial charge on any atom is -0.356 e. The highest BCUT2D eigenvalue weighted by atomic mass is 79.9. The van der Waals surface area contributed by atoms with Gasteiger partial charge in [0.2, 0.25) is 5.91 Å². The van der Waals surface area contributed by atoms with Crippen molar-refractivity contribution in [2.45, 2.75) is 11.3 Å². The maximum Gasteiger partial charge on any atom is 0.230 e. The zero-order valence-corrected chi connectivity index (χ0v) is 13.6. The normalized spacial score (nSPS) is 10.4. The highest BCUT2D eigenvalue weighted by Crippen LogP contribution is 2.28. The number of hydrogen-bond acceptors (Lipinski definition) is 4. The van der Waals surface area contributed by atoms with Crippen molar-refractivity contribution >= 4 is 44.9 Å². The van der Waals surface area contributed by atoms with E-state index in [-0.39, 0.29) is 5.91 Å². The molecule has 0 saturated heterocycles. The predicted octanol–water partition coefficient (Wildman–Crippen LogP) is 3.80. The van der Waals surface area contributed by atoms with Crippen molar-refractivity contribution in [1.82, 2.24) is 10.3 Å². The van der Waals surface area contributed by atoms with E-state index in [4.69, 9.17) is 0 Å². The third-order valence-corrected chi connectivity index (χ3v) is 4.87. The maximum absolute atomic E-state index is 11.4. The molecule has 0 spiro atoms. The van der Waals surface area contributed by atoms with Crippen molar-refractivity contribution in [2.75, 3.05) is 12.3 Å². The predicted molar refractivity (Wildman–Crippen MR) is 84.7 cm³/mol. The average Bonchev–Trinajstić information content (AvgIpc) is 2.86. The summed E-state index contributed by atoms with van der Waals surface area (Å²) in [7, 11) is 0. The number of thioether (sulfide) groups is 1. The molecule has 19 heavy (non-hydrogen) atoms. The molecule has 1 aromatic carbocycles. The summed E-state index contributed by atoms with van der Waals surface area (Å²) in [4.78, 5) is 15.9. The van der Waals surface area contributed by atoms with E-state index in [2.05, 4.69) is 26.2 Å². The maximum atomic E-state index is 11.4.